The number of urea groups is 1. The van der Waals surface area contributed by atoms with E-state index in [1.165, 1.54) is 6.33 Å². The highest BCUT2D eigenvalue weighted by molar-refractivity contribution is 6.31. The third kappa shape index (κ3) is 3.95. The fourth-order valence-corrected chi connectivity index (χ4v) is 2.00. The van der Waals surface area contributed by atoms with Gasteiger partial charge in [-0.3, -0.25) is 0 Å². The van der Waals surface area contributed by atoms with Crippen molar-refractivity contribution in [2.45, 2.75) is 32.9 Å². The van der Waals surface area contributed by atoms with Crippen LogP contribution < -0.4 is 10.6 Å². The predicted molar refractivity (Wildman–Crippen MR) is 82.5 cm³/mol. The number of amides is 2. The van der Waals surface area contributed by atoms with Gasteiger partial charge in [-0.25, -0.2) is 14.5 Å². The number of halogens is 1. The number of aromatic nitrogens is 3. The zero-order valence-electron chi connectivity index (χ0n) is 12.2. The second-order valence-corrected chi connectivity index (χ2v) is 5.37. The van der Waals surface area contributed by atoms with Crippen LogP contribution in [0.25, 0.3) is 0 Å². The SMILES string of the molecule is Cc1ccc(NC(=O)N[C@H](C)[C@H](C)n2cncn2)cc1Cl. The first-order valence-electron chi connectivity index (χ1n) is 6.65. The lowest BCUT2D eigenvalue weighted by atomic mass is 10.2. The fourth-order valence-electron chi connectivity index (χ4n) is 1.82. The van der Waals surface area contributed by atoms with E-state index in [0.717, 1.165) is 5.56 Å². The number of hydrogen-bond acceptors (Lipinski definition) is 3. The van der Waals surface area contributed by atoms with Crippen LogP contribution in [0.2, 0.25) is 5.02 Å². The molecular formula is C14H18ClN5O. The highest BCUT2D eigenvalue weighted by Crippen LogP contribution is 2.20. The van der Waals surface area contributed by atoms with Gasteiger partial charge in [-0.05, 0) is 38.5 Å². The molecule has 0 spiro atoms. The minimum Gasteiger partial charge on any atom is -0.333 e. The summed E-state index contributed by atoms with van der Waals surface area (Å²) in [6.45, 7) is 5.78. The van der Waals surface area contributed by atoms with Gasteiger partial charge in [0.05, 0.1) is 6.04 Å². The third-order valence-electron chi connectivity index (χ3n) is 3.37. The molecule has 2 atom stereocenters. The molecule has 2 N–H and O–H groups in total. The summed E-state index contributed by atoms with van der Waals surface area (Å²) in [5.74, 6) is 0. The van der Waals surface area contributed by atoms with Crippen LogP contribution in [0.3, 0.4) is 0 Å². The first kappa shape index (κ1) is 15.3. The van der Waals surface area contributed by atoms with Gasteiger partial charge in [-0.1, -0.05) is 17.7 Å². The predicted octanol–water partition coefficient (Wildman–Crippen LogP) is 3.01. The Morgan fingerprint density at radius 1 is 1.38 bits per heavy atom. The van der Waals surface area contributed by atoms with Crippen LogP contribution in [0.15, 0.2) is 30.9 Å². The lowest BCUT2D eigenvalue weighted by molar-refractivity contribution is 0.244. The molecule has 2 amide bonds. The smallest absolute Gasteiger partial charge is 0.319 e. The maximum atomic E-state index is 12.0. The topological polar surface area (TPSA) is 71.8 Å². The summed E-state index contributed by atoms with van der Waals surface area (Å²) in [6.07, 6.45) is 3.10. The van der Waals surface area contributed by atoms with Gasteiger partial charge in [0.2, 0.25) is 0 Å². The molecule has 21 heavy (non-hydrogen) atoms. The summed E-state index contributed by atoms with van der Waals surface area (Å²) in [7, 11) is 0. The molecule has 1 aromatic heterocycles. The zero-order valence-corrected chi connectivity index (χ0v) is 12.9. The molecule has 0 aliphatic rings. The van der Waals surface area contributed by atoms with Gasteiger partial charge in [-0.2, -0.15) is 5.10 Å². The molecule has 0 aliphatic heterocycles. The van der Waals surface area contributed by atoms with Crippen molar-refractivity contribution in [2.24, 2.45) is 0 Å². The number of carbonyl (C=O) groups is 1. The quantitative estimate of drug-likeness (QED) is 0.912. The Balaban J connectivity index is 1.93. The number of rotatable bonds is 4. The summed E-state index contributed by atoms with van der Waals surface area (Å²) < 4.78 is 1.70. The van der Waals surface area contributed by atoms with E-state index in [4.69, 9.17) is 11.6 Å². The molecule has 0 saturated carbocycles. The second kappa shape index (κ2) is 6.58. The zero-order chi connectivity index (χ0) is 15.4. The maximum Gasteiger partial charge on any atom is 0.319 e. The molecule has 0 saturated heterocycles. The van der Waals surface area contributed by atoms with E-state index >= 15 is 0 Å². The van der Waals surface area contributed by atoms with Gasteiger partial charge >= 0.3 is 6.03 Å². The minimum absolute atomic E-state index is 0.000134. The molecule has 2 aromatic rings. The van der Waals surface area contributed by atoms with Gasteiger partial charge in [-0.15, -0.1) is 0 Å². The Labute approximate surface area is 128 Å². The number of nitrogens with zero attached hydrogens (tertiary/aromatic N) is 3. The van der Waals surface area contributed by atoms with Crippen molar-refractivity contribution in [2.75, 3.05) is 5.32 Å². The number of anilines is 1. The highest BCUT2D eigenvalue weighted by Gasteiger charge is 2.16. The molecule has 0 aliphatic carbocycles. The summed E-state index contributed by atoms with van der Waals surface area (Å²) >= 11 is 6.03. The van der Waals surface area contributed by atoms with Gasteiger partial charge in [0, 0.05) is 16.8 Å². The van der Waals surface area contributed by atoms with Crippen LogP contribution in [0.1, 0.15) is 25.5 Å². The molecule has 112 valence electrons. The van der Waals surface area contributed by atoms with Crippen LogP contribution in [0.5, 0.6) is 0 Å². The monoisotopic (exact) mass is 307 g/mol. The van der Waals surface area contributed by atoms with Crippen molar-refractivity contribution < 1.29 is 4.79 Å². The lowest BCUT2D eigenvalue weighted by Crippen LogP contribution is -2.40. The highest BCUT2D eigenvalue weighted by atomic mass is 35.5. The maximum absolute atomic E-state index is 12.0. The van der Waals surface area contributed by atoms with E-state index in [0.29, 0.717) is 10.7 Å². The molecule has 6 nitrogen and oxygen atoms in total. The Bertz CT molecular complexity index is 614. The van der Waals surface area contributed by atoms with E-state index in [2.05, 4.69) is 20.7 Å². The molecule has 1 aromatic carbocycles. The summed E-state index contributed by atoms with van der Waals surface area (Å²) in [6, 6.07) is 5.01. The van der Waals surface area contributed by atoms with E-state index in [1.54, 1.807) is 17.1 Å². The summed E-state index contributed by atoms with van der Waals surface area (Å²) in [5, 5.41) is 10.3. The molecule has 7 heteroatoms. The Hall–Kier alpha value is -2.08. The number of benzene rings is 1. The van der Waals surface area contributed by atoms with E-state index in [-0.39, 0.29) is 18.1 Å². The van der Waals surface area contributed by atoms with Crippen LogP contribution in [-0.4, -0.2) is 26.8 Å². The number of carbonyl (C=O) groups excluding carboxylic acids is 1. The lowest BCUT2D eigenvalue weighted by Gasteiger charge is -2.21. The largest absolute Gasteiger partial charge is 0.333 e. The second-order valence-electron chi connectivity index (χ2n) is 4.97. The Morgan fingerprint density at radius 2 is 2.14 bits per heavy atom. The number of aryl methyl sites for hydroxylation is 1. The first-order chi connectivity index (χ1) is 9.97. The standard InChI is InChI=1S/C14H18ClN5O/c1-9-4-5-12(6-13(9)15)19-14(21)18-10(2)11(3)20-8-16-7-17-20/h4-8,10-11H,1-3H3,(H2,18,19,21)/t10-,11+/m1/s1. The van der Waals surface area contributed by atoms with Gasteiger partial charge < -0.3 is 10.6 Å². The molecular weight excluding hydrogens is 290 g/mol. The van der Waals surface area contributed by atoms with Crippen molar-refractivity contribution in [3.8, 4) is 0 Å². The molecule has 1 heterocycles. The van der Waals surface area contributed by atoms with E-state index in [1.807, 2.05) is 32.9 Å². The first-order valence-corrected chi connectivity index (χ1v) is 7.03. The summed E-state index contributed by atoms with van der Waals surface area (Å²) in [4.78, 5) is 15.9. The van der Waals surface area contributed by atoms with Crippen LogP contribution >= 0.6 is 11.6 Å². The average molecular weight is 308 g/mol. The van der Waals surface area contributed by atoms with Crippen molar-refractivity contribution in [3.05, 3.63) is 41.4 Å². The van der Waals surface area contributed by atoms with Gasteiger partial charge in [0.1, 0.15) is 12.7 Å². The Morgan fingerprint density at radius 3 is 2.76 bits per heavy atom. The van der Waals surface area contributed by atoms with Crippen molar-refractivity contribution >= 4 is 23.3 Å². The Kier molecular flexibility index (Phi) is 4.80. The van der Waals surface area contributed by atoms with Gasteiger partial charge in [0.15, 0.2) is 0 Å². The number of hydrogen-bond donors (Lipinski definition) is 2. The average Bonchev–Trinajstić information content (AvgIpc) is 2.96. The fraction of sp³-hybridized carbons (Fsp3) is 0.357. The normalized spacial score (nSPS) is 13.5. The molecule has 0 bridgehead atoms. The van der Waals surface area contributed by atoms with Crippen LogP contribution in [-0.2, 0) is 0 Å². The number of nitrogens with one attached hydrogen (secondary N) is 2. The van der Waals surface area contributed by atoms with Crippen molar-refractivity contribution in [1.29, 1.82) is 0 Å². The van der Waals surface area contributed by atoms with Gasteiger partial charge in [0.25, 0.3) is 0 Å². The molecule has 0 fully saturated rings. The minimum atomic E-state index is -0.283. The van der Waals surface area contributed by atoms with E-state index in [9.17, 15) is 4.79 Å². The van der Waals surface area contributed by atoms with Crippen molar-refractivity contribution in [3.63, 3.8) is 0 Å². The summed E-state index contributed by atoms with van der Waals surface area (Å²) in [5.41, 5.74) is 1.62. The van der Waals surface area contributed by atoms with Crippen molar-refractivity contribution in [1.82, 2.24) is 20.1 Å². The van der Waals surface area contributed by atoms with Crippen LogP contribution in [0.4, 0.5) is 10.5 Å². The molecule has 0 radical (unpaired) electrons. The molecule has 2 rings (SSSR count). The van der Waals surface area contributed by atoms with Crippen LogP contribution in [0, 0.1) is 6.92 Å². The van der Waals surface area contributed by atoms with E-state index < -0.39 is 0 Å². The molecule has 0 unspecified atom stereocenters. The third-order valence-corrected chi connectivity index (χ3v) is 3.77.